The lowest BCUT2D eigenvalue weighted by Gasteiger charge is -2.28. The second kappa shape index (κ2) is 6.96. The SMILES string of the molecule is CCCC1=C(C)C=C(C(N)=O)[C@H](OCCC=O)N1. The molecule has 3 N–H and O–H groups in total. The van der Waals surface area contributed by atoms with Crippen molar-refractivity contribution >= 4 is 12.2 Å². The van der Waals surface area contributed by atoms with Gasteiger partial charge in [0.1, 0.15) is 6.29 Å². The van der Waals surface area contributed by atoms with Crippen LogP contribution in [-0.4, -0.2) is 25.0 Å². The molecule has 0 spiro atoms. The number of nitrogens with two attached hydrogens (primary N) is 1. The molecule has 0 saturated heterocycles. The predicted molar refractivity (Wildman–Crippen MR) is 68.4 cm³/mol. The molecule has 1 rings (SSSR count). The van der Waals surface area contributed by atoms with E-state index < -0.39 is 12.1 Å². The van der Waals surface area contributed by atoms with E-state index in [2.05, 4.69) is 12.2 Å². The van der Waals surface area contributed by atoms with Crippen molar-refractivity contribution in [3.05, 3.63) is 22.9 Å². The summed E-state index contributed by atoms with van der Waals surface area (Å²) in [5, 5.41) is 3.17. The fourth-order valence-electron chi connectivity index (χ4n) is 1.83. The molecule has 1 amide bonds. The van der Waals surface area contributed by atoms with E-state index in [1.807, 2.05) is 6.92 Å². The van der Waals surface area contributed by atoms with Crippen LogP contribution in [0.15, 0.2) is 22.9 Å². The number of aldehydes is 1. The lowest BCUT2D eigenvalue weighted by molar-refractivity contribution is -0.116. The molecule has 0 unspecified atom stereocenters. The van der Waals surface area contributed by atoms with Gasteiger partial charge in [0.2, 0.25) is 5.91 Å². The summed E-state index contributed by atoms with van der Waals surface area (Å²) < 4.78 is 5.48. The van der Waals surface area contributed by atoms with Gasteiger partial charge in [0.15, 0.2) is 6.23 Å². The van der Waals surface area contributed by atoms with E-state index in [0.29, 0.717) is 12.0 Å². The lowest BCUT2D eigenvalue weighted by atomic mass is 10.0. The van der Waals surface area contributed by atoms with Crippen LogP contribution in [0.1, 0.15) is 33.1 Å². The van der Waals surface area contributed by atoms with Crippen molar-refractivity contribution in [2.45, 2.75) is 39.3 Å². The van der Waals surface area contributed by atoms with Crippen LogP contribution >= 0.6 is 0 Å². The second-order valence-corrected chi connectivity index (χ2v) is 4.23. The summed E-state index contributed by atoms with van der Waals surface area (Å²) >= 11 is 0. The predicted octanol–water partition coefficient (Wildman–Crippen LogP) is 1.01. The average Bonchev–Trinajstić information content (AvgIpc) is 2.33. The van der Waals surface area contributed by atoms with Crippen molar-refractivity contribution in [1.29, 1.82) is 0 Å². The molecule has 0 aromatic heterocycles. The Morgan fingerprint density at radius 2 is 2.33 bits per heavy atom. The molecule has 1 aliphatic heterocycles. The van der Waals surface area contributed by atoms with E-state index in [9.17, 15) is 9.59 Å². The topological polar surface area (TPSA) is 81.4 Å². The fraction of sp³-hybridized carbons (Fsp3) is 0.538. The number of hydrogen-bond donors (Lipinski definition) is 2. The summed E-state index contributed by atoms with van der Waals surface area (Å²) in [6.07, 6.45) is 4.19. The second-order valence-electron chi connectivity index (χ2n) is 4.23. The van der Waals surface area contributed by atoms with E-state index in [1.165, 1.54) is 0 Å². The van der Waals surface area contributed by atoms with Gasteiger partial charge in [0, 0.05) is 12.1 Å². The highest BCUT2D eigenvalue weighted by atomic mass is 16.5. The Morgan fingerprint density at radius 3 is 2.89 bits per heavy atom. The van der Waals surface area contributed by atoms with Crippen LogP contribution in [0.3, 0.4) is 0 Å². The van der Waals surface area contributed by atoms with Gasteiger partial charge in [-0.1, -0.05) is 13.3 Å². The van der Waals surface area contributed by atoms with Crippen LogP contribution < -0.4 is 11.1 Å². The van der Waals surface area contributed by atoms with Gasteiger partial charge in [-0.05, 0) is 25.0 Å². The third kappa shape index (κ3) is 3.70. The highest BCUT2D eigenvalue weighted by Gasteiger charge is 2.24. The summed E-state index contributed by atoms with van der Waals surface area (Å²) in [6.45, 7) is 4.28. The number of hydrogen-bond acceptors (Lipinski definition) is 4. The molecule has 100 valence electrons. The minimum absolute atomic E-state index is 0.268. The van der Waals surface area contributed by atoms with Crippen LogP contribution in [0.2, 0.25) is 0 Å². The lowest BCUT2D eigenvalue weighted by Crippen LogP contribution is -2.41. The molecule has 0 aliphatic carbocycles. The summed E-state index contributed by atoms with van der Waals surface area (Å²) in [6, 6.07) is 0. The third-order valence-corrected chi connectivity index (χ3v) is 2.74. The zero-order chi connectivity index (χ0) is 13.5. The minimum Gasteiger partial charge on any atom is -0.366 e. The highest BCUT2D eigenvalue weighted by Crippen LogP contribution is 2.21. The Hall–Kier alpha value is -1.62. The maximum Gasteiger partial charge on any atom is 0.249 e. The van der Waals surface area contributed by atoms with Crippen LogP contribution in [-0.2, 0) is 14.3 Å². The Kier molecular flexibility index (Phi) is 5.58. The summed E-state index contributed by atoms with van der Waals surface area (Å²) in [5.41, 5.74) is 7.78. The first-order valence-electron chi connectivity index (χ1n) is 6.13. The van der Waals surface area contributed by atoms with Gasteiger partial charge in [-0.25, -0.2) is 0 Å². The van der Waals surface area contributed by atoms with Gasteiger partial charge in [0.05, 0.1) is 12.2 Å². The summed E-state index contributed by atoms with van der Waals surface area (Å²) in [5.74, 6) is -0.506. The third-order valence-electron chi connectivity index (χ3n) is 2.74. The van der Waals surface area contributed by atoms with Crippen LogP contribution in [0.5, 0.6) is 0 Å². The molecule has 1 atom stereocenters. The number of rotatable bonds is 7. The number of dihydropyridines is 1. The monoisotopic (exact) mass is 252 g/mol. The number of amides is 1. The molecule has 0 fully saturated rings. The van der Waals surface area contributed by atoms with Crippen molar-refractivity contribution in [3.8, 4) is 0 Å². The molecule has 18 heavy (non-hydrogen) atoms. The van der Waals surface area contributed by atoms with Gasteiger partial charge < -0.3 is 20.6 Å². The molecule has 0 bridgehead atoms. The van der Waals surface area contributed by atoms with Gasteiger partial charge in [0.25, 0.3) is 0 Å². The Labute approximate surface area is 107 Å². The van der Waals surface area contributed by atoms with E-state index >= 15 is 0 Å². The Morgan fingerprint density at radius 1 is 1.61 bits per heavy atom. The van der Waals surface area contributed by atoms with Gasteiger partial charge in [-0.2, -0.15) is 0 Å². The number of ether oxygens (including phenoxy) is 1. The largest absolute Gasteiger partial charge is 0.366 e. The first-order valence-corrected chi connectivity index (χ1v) is 6.13. The van der Waals surface area contributed by atoms with Crippen molar-refractivity contribution in [2.75, 3.05) is 6.61 Å². The van der Waals surface area contributed by atoms with Crippen LogP contribution in [0, 0.1) is 0 Å². The van der Waals surface area contributed by atoms with E-state index in [0.717, 1.165) is 30.4 Å². The maximum atomic E-state index is 11.3. The Balaban J connectivity index is 2.81. The van der Waals surface area contributed by atoms with Crippen LogP contribution in [0.4, 0.5) is 0 Å². The number of allylic oxidation sites excluding steroid dienone is 3. The summed E-state index contributed by atoms with van der Waals surface area (Å²) in [7, 11) is 0. The molecule has 5 heteroatoms. The van der Waals surface area contributed by atoms with Crippen LogP contribution in [0.25, 0.3) is 0 Å². The zero-order valence-corrected chi connectivity index (χ0v) is 10.9. The van der Waals surface area contributed by atoms with Crippen molar-refractivity contribution in [1.82, 2.24) is 5.32 Å². The van der Waals surface area contributed by atoms with E-state index in [-0.39, 0.29) is 6.61 Å². The normalized spacial score (nSPS) is 19.2. The molecule has 0 aromatic carbocycles. The molecular formula is C13H20N2O3. The maximum absolute atomic E-state index is 11.3. The number of primary amides is 1. The summed E-state index contributed by atoms with van der Waals surface area (Å²) in [4.78, 5) is 21.6. The average molecular weight is 252 g/mol. The first kappa shape index (κ1) is 14.4. The molecule has 0 radical (unpaired) electrons. The fourth-order valence-corrected chi connectivity index (χ4v) is 1.83. The van der Waals surface area contributed by atoms with Gasteiger partial charge in [-0.3, -0.25) is 4.79 Å². The minimum atomic E-state index is -0.548. The molecule has 0 aromatic rings. The van der Waals surface area contributed by atoms with Gasteiger partial charge in [-0.15, -0.1) is 0 Å². The standard InChI is InChI=1S/C13H20N2O3/c1-3-5-11-9(2)8-10(12(14)17)13(15-11)18-7-4-6-16/h6,8,13,15H,3-5,7H2,1-2H3,(H2,14,17)/t13-/m0/s1. The number of carbonyl (C=O) groups is 2. The Bertz CT molecular complexity index is 386. The smallest absolute Gasteiger partial charge is 0.249 e. The molecule has 1 aliphatic rings. The van der Waals surface area contributed by atoms with E-state index in [1.54, 1.807) is 6.08 Å². The van der Waals surface area contributed by atoms with Crippen molar-refractivity contribution in [2.24, 2.45) is 5.73 Å². The van der Waals surface area contributed by atoms with E-state index in [4.69, 9.17) is 10.5 Å². The molecule has 1 heterocycles. The molecule has 5 nitrogen and oxygen atoms in total. The van der Waals surface area contributed by atoms with Crippen molar-refractivity contribution in [3.63, 3.8) is 0 Å². The first-order chi connectivity index (χ1) is 8.60. The van der Waals surface area contributed by atoms with Gasteiger partial charge >= 0.3 is 0 Å². The molecule has 0 saturated carbocycles. The number of carbonyl (C=O) groups excluding carboxylic acids is 2. The number of nitrogens with one attached hydrogen (secondary N) is 1. The van der Waals surface area contributed by atoms with Crippen molar-refractivity contribution < 1.29 is 14.3 Å². The zero-order valence-electron chi connectivity index (χ0n) is 10.9. The quantitative estimate of drug-likeness (QED) is 0.523. The highest BCUT2D eigenvalue weighted by molar-refractivity contribution is 5.93. The molecular weight excluding hydrogens is 232 g/mol.